The van der Waals surface area contributed by atoms with Crippen LogP contribution in [0, 0.1) is 0 Å². The van der Waals surface area contributed by atoms with Gasteiger partial charge in [-0.1, -0.05) is 83.1 Å². The first-order chi connectivity index (χ1) is 12.8. The fourth-order valence-corrected chi connectivity index (χ4v) is 2.67. The fraction of sp³-hybridized carbons (Fsp3) is 0.783. The zero-order valence-corrected chi connectivity index (χ0v) is 17.4. The van der Waals surface area contributed by atoms with E-state index in [1.54, 1.807) is 0 Å². The Morgan fingerprint density at radius 2 is 1.31 bits per heavy atom. The molecule has 0 fully saturated rings. The number of carbonyl (C=O) groups is 1. The van der Waals surface area contributed by atoms with Crippen LogP contribution in [0.3, 0.4) is 0 Å². The van der Waals surface area contributed by atoms with Crippen molar-refractivity contribution in [2.45, 2.75) is 104 Å². The minimum Gasteiger partial charge on any atom is -0.450 e. The molecular formula is C23H43NO2. The van der Waals surface area contributed by atoms with Crippen molar-refractivity contribution in [3.05, 3.63) is 24.3 Å². The lowest BCUT2D eigenvalue weighted by atomic mass is 10.1. The van der Waals surface area contributed by atoms with Crippen LogP contribution in [0.5, 0.6) is 0 Å². The summed E-state index contributed by atoms with van der Waals surface area (Å²) in [5, 5.41) is 2.77. The predicted octanol–water partition coefficient (Wildman–Crippen LogP) is 7.33. The Labute approximate surface area is 162 Å². The van der Waals surface area contributed by atoms with Gasteiger partial charge in [0.15, 0.2) is 0 Å². The molecule has 0 saturated heterocycles. The Morgan fingerprint density at radius 3 is 1.96 bits per heavy atom. The van der Waals surface area contributed by atoms with Gasteiger partial charge < -0.3 is 10.1 Å². The van der Waals surface area contributed by atoms with E-state index in [0.29, 0.717) is 6.61 Å². The van der Waals surface area contributed by atoms with Crippen LogP contribution in [0.1, 0.15) is 104 Å². The van der Waals surface area contributed by atoms with Crippen LogP contribution in [-0.4, -0.2) is 19.2 Å². The highest BCUT2D eigenvalue weighted by Crippen LogP contribution is 2.08. The van der Waals surface area contributed by atoms with Crippen LogP contribution in [0.4, 0.5) is 4.79 Å². The largest absolute Gasteiger partial charge is 0.450 e. The van der Waals surface area contributed by atoms with Gasteiger partial charge in [-0.3, -0.25) is 0 Å². The monoisotopic (exact) mass is 365 g/mol. The van der Waals surface area contributed by atoms with E-state index in [-0.39, 0.29) is 6.09 Å². The van der Waals surface area contributed by atoms with Gasteiger partial charge in [-0.25, -0.2) is 4.79 Å². The number of allylic oxidation sites excluding steroid dienone is 4. The Morgan fingerprint density at radius 1 is 0.731 bits per heavy atom. The Bertz CT molecular complexity index is 350. The van der Waals surface area contributed by atoms with Crippen molar-refractivity contribution in [2.75, 3.05) is 13.2 Å². The van der Waals surface area contributed by atoms with Gasteiger partial charge in [0.05, 0.1) is 6.61 Å². The summed E-state index contributed by atoms with van der Waals surface area (Å²) in [4.78, 5) is 11.3. The summed E-state index contributed by atoms with van der Waals surface area (Å²) in [6.45, 7) is 5.63. The first-order valence-corrected chi connectivity index (χ1v) is 11.0. The molecule has 0 bridgehead atoms. The molecule has 0 aromatic heterocycles. The van der Waals surface area contributed by atoms with Crippen molar-refractivity contribution in [2.24, 2.45) is 0 Å². The molecule has 0 aliphatic carbocycles. The van der Waals surface area contributed by atoms with Crippen molar-refractivity contribution >= 4 is 6.09 Å². The molecule has 26 heavy (non-hydrogen) atoms. The van der Waals surface area contributed by atoms with E-state index in [0.717, 1.165) is 38.6 Å². The molecule has 0 atom stereocenters. The third kappa shape index (κ3) is 20.8. The second-order valence-electron chi connectivity index (χ2n) is 7.00. The Kier molecular flexibility index (Phi) is 20.7. The molecule has 0 radical (unpaired) electrons. The van der Waals surface area contributed by atoms with Crippen LogP contribution in [0.15, 0.2) is 24.3 Å². The molecule has 152 valence electrons. The third-order valence-corrected chi connectivity index (χ3v) is 4.38. The SMILES string of the molecule is CCCCCC=CCC=CCCCCCCCCOC(=O)NCCCC. The molecule has 0 aliphatic rings. The van der Waals surface area contributed by atoms with Crippen LogP contribution in [-0.2, 0) is 4.74 Å². The number of nitrogens with one attached hydrogen (secondary N) is 1. The molecule has 0 heterocycles. The van der Waals surface area contributed by atoms with Crippen molar-refractivity contribution in [1.29, 1.82) is 0 Å². The van der Waals surface area contributed by atoms with Crippen molar-refractivity contribution in [3.63, 3.8) is 0 Å². The van der Waals surface area contributed by atoms with Crippen molar-refractivity contribution < 1.29 is 9.53 Å². The second-order valence-corrected chi connectivity index (χ2v) is 7.00. The summed E-state index contributed by atoms with van der Waals surface area (Å²) in [6, 6.07) is 0. The summed E-state index contributed by atoms with van der Waals surface area (Å²) in [5.41, 5.74) is 0. The van der Waals surface area contributed by atoms with Gasteiger partial charge in [-0.05, 0) is 44.9 Å². The molecule has 0 aliphatic heterocycles. The molecule has 0 spiro atoms. The highest BCUT2D eigenvalue weighted by molar-refractivity contribution is 5.66. The maximum Gasteiger partial charge on any atom is 0.407 e. The maximum absolute atomic E-state index is 11.3. The number of alkyl carbamates (subject to hydrolysis) is 1. The molecule has 3 heteroatoms. The minimum atomic E-state index is -0.263. The number of carbonyl (C=O) groups excluding carboxylic acids is 1. The molecule has 0 aromatic rings. The lowest BCUT2D eigenvalue weighted by Gasteiger charge is -2.06. The molecule has 0 rings (SSSR count). The van der Waals surface area contributed by atoms with Gasteiger partial charge >= 0.3 is 6.09 Å². The molecule has 0 saturated carbocycles. The first-order valence-electron chi connectivity index (χ1n) is 11.0. The summed E-state index contributed by atoms with van der Waals surface area (Å²) in [7, 11) is 0. The van der Waals surface area contributed by atoms with E-state index in [4.69, 9.17) is 4.74 Å². The lowest BCUT2D eigenvalue weighted by Crippen LogP contribution is -2.25. The number of amides is 1. The summed E-state index contributed by atoms with van der Waals surface area (Å²) >= 11 is 0. The van der Waals surface area contributed by atoms with E-state index in [2.05, 4.69) is 43.5 Å². The standard InChI is InChI=1S/C23H43NO2/c1-3-5-7-8-9-10-11-12-13-14-15-16-17-18-19-20-22-26-23(25)24-21-6-4-2/h9-10,12-13H,3-8,11,14-22H2,1-2H3,(H,24,25). The first kappa shape index (κ1) is 24.8. The van der Waals surface area contributed by atoms with Crippen LogP contribution >= 0.6 is 0 Å². The van der Waals surface area contributed by atoms with Gasteiger partial charge in [0, 0.05) is 6.54 Å². The molecular weight excluding hydrogens is 322 g/mol. The van der Waals surface area contributed by atoms with E-state index >= 15 is 0 Å². The average molecular weight is 366 g/mol. The maximum atomic E-state index is 11.3. The minimum absolute atomic E-state index is 0.263. The van der Waals surface area contributed by atoms with E-state index in [1.165, 1.54) is 57.8 Å². The van der Waals surface area contributed by atoms with Crippen LogP contribution in [0.2, 0.25) is 0 Å². The summed E-state index contributed by atoms with van der Waals surface area (Å²) in [5.74, 6) is 0. The van der Waals surface area contributed by atoms with Crippen molar-refractivity contribution in [1.82, 2.24) is 5.32 Å². The van der Waals surface area contributed by atoms with Gasteiger partial charge in [-0.15, -0.1) is 0 Å². The van der Waals surface area contributed by atoms with Gasteiger partial charge in [-0.2, -0.15) is 0 Å². The Balaban J connectivity index is 3.21. The molecule has 0 unspecified atom stereocenters. The third-order valence-electron chi connectivity index (χ3n) is 4.38. The van der Waals surface area contributed by atoms with Crippen molar-refractivity contribution in [3.8, 4) is 0 Å². The highest BCUT2D eigenvalue weighted by Gasteiger charge is 1.99. The van der Waals surface area contributed by atoms with Crippen LogP contribution < -0.4 is 5.32 Å². The predicted molar refractivity (Wildman–Crippen MR) is 114 cm³/mol. The zero-order valence-electron chi connectivity index (χ0n) is 17.4. The second kappa shape index (κ2) is 21.8. The van der Waals surface area contributed by atoms with Gasteiger partial charge in [0.1, 0.15) is 0 Å². The molecule has 1 amide bonds. The average Bonchev–Trinajstić information content (AvgIpc) is 2.64. The van der Waals surface area contributed by atoms with Crippen LogP contribution in [0.25, 0.3) is 0 Å². The lowest BCUT2D eigenvalue weighted by molar-refractivity contribution is 0.143. The number of rotatable bonds is 18. The zero-order chi connectivity index (χ0) is 19.1. The van der Waals surface area contributed by atoms with Gasteiger partial charge in [0.25, 0.3) is 0 Å². The number of hydrogen-bond acceptors (Lipinski definition) is 2. The molecule has 3 nitrogen and oxygen atoms in total. The van der Waals surface area contributed by atoms with E-state index in [9.17, 15) is 4.79 Å². The highest BCUT2D eigenvalue weighted by atomic mass is 16.5. The number of unbranched alkanes of at least 4 members (excludes halogenated alkanes) is 10. The fourth-order valence-electron chi connectivity index (χ4n) is 2.67. The van der Waals surface area contributed by atoms with E-state index < -0.39 is 0 Å². The Hall–Kier alpha value is -1.25. The summed E-state index contributed by atoms with van der Waals surface area (Å²) < 4.78 is 5.14. The molecule has 1 N–H and O–H groups in total. The molecule has 0 aromatic carbocycles. The number of ether oxygens (including phenoxy) is 1. The van der Waals surface area contributed by atoms with Gasteiger partial charge in [0.2, 0.25) is 0 Å². The summed E-state index contributed by atoms with van der Waals surface area (Å²) in [6.07, 6.45) is 25.8. The topological polar surface area (TPSA) is 38.3 Å². The number of hydrogen-bond donors (Lipinski definition) is 1. The quantitative estimate of drug-likeness (QED) is 0.204. The normalized spacial score (nSPS) is 11.5. The smallest absolute Gasteiger partial charge is 0.407 e. The van der Waals surface area contributed by atoms with E-state index in [1.807, 2.05) is 0 Å².